The molecule has 4 N–H and O–H groups in total. The number of aliphatic hydroxyl groups excluding tert-OH is 1. The molecule has 25 heavy (non-hydrogen) atoms. The minimum Gasteiger partial charge on any atom is -0.507 e. The van der Waals surface area contributed by atoms with Gasteiger partial charge in [-0.1, -0.05) is 18.2 Å². The molecule has 1 atom stereocenters. The maximum Gasteiger partial charge on any atom is 0.329 e. The molecule has 0 amide bonds. The van der Waals surface area contributed by atoms with Gasteiger partial charge < -0.3 is 20.4 Å². The van der Waals surface area contributed by atoms with Crippen LogP contribution >= 0.6 is 12.6 Å². The van der Waals surface area contributed by atoms with Gasteiger partial charge in [-0.2, -0.15) is 12.6 Å². The van der Waals surface area contributed by atoms with Crippen LogP contribution in [-0.4, -0.2) is 43.9 Å². The van der Waals surface area contributed by atoms with Crippen molar-refractivity contribution in [1.29, 1.82) is 0 Å². The van der Waals surface area contributed by atoms with E-state index in [1.54, 1.807) is 12.1 Å². The van der Waals surface area contributed by atoms with E-state index in [0.717, 1.165) is 5.56 Å². The lowest BCUT2D eigenvalue weighted by molar-refractivity contribution is -0.137. The number of rotatable bonds is 4. The smallest absolute Gasteiger partial charge is 0.329 e. The lowest BCUT2D eigenvalue weighted by Crippen LogP contribution is -2.25. The molecule has 0 spiro atoms. The summed E-state index contributed by atoms with van der Waals surface area (Å²) in [5.41, 5.74) is 3.03. The molecule has 2 aromatic rings. The maximum absolute atomic E-state index is 11.4. The second-order valence-corrected chi connectivity index (χ2v) is 6.17. The number of hydrogen-bond donors (Lipinski definition) is 5. The van der Waals surface area contributed by atoms with E-state index in [1.165, 1.54) is 12.1 Å². The molecule has 0 aliphatic heterocycles. The highest BCUT2D eigenvalue weighted by molar-refractivity contribution is 7.80. The summed E-state index contributed by atoms with van der Waals surface area (Å²) < 4.78 is 0. The van der Waals surface area contributed by atoms with E-state index in [2.05, 4.69) is 17.6 Å². The predicted octanol–water partition coefficient (Wildman–Crippen LogP) is 1.71. The summed E-state index contributed by atoms with van der Waals surface area (Å²) in [5, 5.41) is 39.4. The molecule has 1 aliphatic rings. The van der Waals surface area contributed by atoms with Gasteiger partial charge in [0.1, 0.15) is 11.5 Å². The molecule has 0 fully saturated rings. The van der Waals surface area contributed by atoms with Crippen molar-refractivity contribution in [3.63, 3.8) is 0 Å². The Kier molecular flexibility index (Phi) is 4.69. The fourth-order valence-corrected chi connectivity index (χ4v) is 3.29. The summed E-state index contributed by atoms with van der Waals surface area (Å²) in [6, 6.07) is 7.04. The van der Waals surface area contributed by atoms with Crippen molar-refractivity contribution in [2.75, 3.05) is 5.75 Å². The van der Waals surface area contributed by atoms with Crippen LogP contribution in [0.1, 0.15) is 27.8 Å². The van der Waals surface area contributed by atoms with Crippen molar-refractivity contribution < 1.29 is 25.2 Å². The third kappa shape index (κ3) is 3.08. The molecule has 0 radical (unpaired) electrons. The molecule has 0 saturated carbocycles. The highest BCUT2D eigenvalue weighted by Gasteiger charge is 2.29. The number of aliphatic hydroxyl groups is 1. The first-order chi connectivity index (χ1) is 12.0. The van der Waals surface area contributed by atoms with Gasteiger partial charge in [-0.15, -0.1) is 0 Å². The minimum absolute atomic E-state index is 0.0212. The normalized spacial score (nSPS) is 15.5. The van der Waals surface area contributed by atoms with Crippen LogP contribution in [0.2, 0.25) is 0 Å². The number of carbonyl (C=O) groups is 1. The average molecular weight is 359 g/mol. The van der Waals surface area contributed by atoms with Crippen LogP contribution in [0.4, 0.5) is 0 Å². The van der Waals surface area contributed by atoms with Crippen LogP contribution < -0.4 is 0 Å². The van der Waals surface area contributed by atoms with Crippen molar-refractivity contribution in [2.24, 2.45) is 4.99 Å². The van der Waals surface area contributed by atoms with Crippen LogP contribution in [-0.2, 0) is 17.8 Å². The molecule has 1 aliphatic carbocycles. The largest absolute Gasteiger partial charge is 0.507 e. The van der Waals surface area contributed by atoms with Gasteiger partial charge in [0.2, 0.25) is 0 Å². The third-order valence-electron chi connectivity index (χ3n) is 4.17. The summed E-state index contributed by atoms with van der Waals surface area (Å²) in [6.07, 6.45) is 0.429. The Hall–Kier alpha value is -2.51. The molecule has 0 bridgehead atoms. The fraction of sp³-hybridized carbons (Fsp3) is 0.222. The first-order valence-electron chi connectivity index (χ1n) is 7.65. The SMILES string of the molecule is O=C(O)[C@H](CS)N=C1c2c(O)cccc2Cc2cc(CO)cc(O)c21. The number of aromatic hydroxyl groups is 2. The monoisotopic (exact) mass is 359 g/mol. The summed E-state index contributed by atoms with van der Waals surface area (Å²) in [6.45, 7) is -0.228. The van der Waals surface area contributed by atoms with Crippen molar-refractivity contribution in [3.8, 4) is 11.5 Å². The van der Waals surface area contributed by atoms with E-state index in [0.29, 0.717) is 28.7 Å². The van der Waals surface area contributed by atoms with Gasteiger partial charge in [-0.25, -0.2) is 4.79 Å². The molecule has 130 valence electrons. The zero-order valence-corrected chi connectivity index (χ0v) is 14.1. The highest BCUT2D eigenvalue weighted by atomic mass is 32.1. The Bertz CT molecular complexity index is 878. The quantitative estimate of drug-likeness (QED) is 0.456. The van der Waals surface area contributed by atoms with Gasteiger partial charge >= 0.3 is 5.97 Å². The van der Waals surface area contributed by atoms with E-state index >= 15 is 0 Å². The molecule has 0 unspecified atom stereocenters. The lowest BCUT2D eigenvalue weighted by atomic mass is 9.82. The van der Waals surface area contributed by atoms with Gasteiger partial charge in [0.15, 0.2) is 6.04 Å². The standard InChI is InChI=1S/C18H17NO5S/c20-7-9-4-11-6-10-2-1-3-13(21)15(10)17(16(11)14(22)5-9)19-12(8-25)18(23)24/h1-5,12,20-22,25H,6-8H2,(H,23,24)/t12-/m0/s1. The highest BCUT2D eigenvalue weighted by Crippen LogP contribution is 2.38. The average Bonchev–Trinajstić information content (AvgIpc) is 2.58. The molecule has 7 heteroatoms. The molecule has 2 aromatic carbocycles. The summed E-state index contributed by atoms with van der Waals surface area (Å²) in [5.74, 6) is -1.31. The zero-order chi connectivity index (χ0) is 18.1. The van der Waals surface area contributed by atoms with Gasteiger partial charge in [0.25, 0.3) is 0 Å². The Labute approximate surface area is 149 Å². The van der Waals surface area contributed by atoms with Crippen LogP contribution in [0, 0.1) is 0 Å². The van der Waals surface area contributed by atoms with E-state index in [9.17, 15) is 25.2 Å². The van der Waals surface area contributed by atoms with Gasteiger partial charge in [0.05, 0.1) is 12.3 Å². The van der Waals surface area contributed by atoms with Crippen LogP contribution in [0.5, 0.6) is 11.5 Å². The summed E-state index contributed by atoms with van der Waals surface area (Å²) in [4.78, 5) is 15.7. The Balaban J connectivity index is 2.30. The number of carboxylic acids is 1. The molecule has 0 heterocycles. The van der Waals surface area contributed by atoms with Crippen molar-refractivity contribution in [3.05, 3.63) is 58.1 Å². The number of nitrogens with zero attached hydrogens (tertiary/aromatic N) is 1. The van der Waals surface area contributed by atoms with Crippen molar-refractivity contribution in [2.45, 2.75) is 19.1 Å². The minimum atomic E-state index is -1.14. The molecule has 3 rings (SSSR count). The Morgan fingerprint density at radius 3 is 2.52 bits per heavy atom. The number of aliphatic carboxylic acids is 1. The lowest BCUT2D eigenvalue weighted by Gasteiger charge is -2.25. The van der Waals surface area contributed by atoms with E-state index < -0.39 is 12.0 Å². The van der Waals surface area contributed by atoms with Gasteiger partial charge in [-0.05, 0) is 35.2 Å². The molecule has 0 saturated heterocycles. The van der Waals surface area contributed by atoms with E-state index in [4.69, 9.17) is 0 Å². The Morgan fingerprint density at radius 2 is 1.88 bits per heavy atom. The second kappa shape index (κ2) is 6.78. The summed E-state index contributed by atoms with van der Waals surface area (Å²) >= 11 is 4.03. The topological polar surface area (TPSA) is 110 Å². The van der Waals surface area contributed by atoms with Crippen LogP contribution in [0.25, 0.3) is 0 Å². The number of phenolic OH excluding ortho intramolecular Hbond substituents is 2. The van der Waals surface area contributed by atoms with Crippen LogP contribution in [0.15, 0.2) is 35.3 Å². The van der Waals surface area contributed by atoms with E-state index in [-0.39, 0.29) is 29.6 Å². The number of aliphatic imine (C=N–C) groups is 1. The first kappa shape index (κ1) is 17.3. The third-order valence-corrected chi connectivity index (χ3v) is 4.51. The number of thiol groups is 1. The summed E-state index contributed by atoms with van der Waals surface area (Å²) in [7, 11) is 0. The number of hydrogen-bond acceptors (Lipinski definition) is 6. The van der Waals surface area contributed by atoms with E-state index in [1.807, 2.05) is 6.07 Å². The van der Waals surface area contributed by atoms with Gasteiger partial charge in [0, 0.05) is 16.9 Å². The zero-order valence-electron chi connectivity index (χ0n) is 13.2. The van der Waals surface area contributed by atoms with Crippen molar-refractivity contribution >= 4 is 24.3 Å². The fourth-order valence-electron chi connectivity index (χ4n) is 3.05. The van der Waals surface area contributed by atoms with Gasteiger partial charge in [-0.3, -0.25) is 4.99 Å². The number of benzene rings is 2. The first-order valence-corrected chi connectivity index (χ1v) is 8.28. The molecular weight excluding hydrogens is 342 g/mol. The number of phenols is 2. The molecule has 0 aromatic heterocycles. The van der Waals surface area contributed by atoms with Crippen LogP contribution in [0.3, 0.4) is 0 Å². The molecule has 6 nitrogen and oxygen atoms in total. The second-order valence-electron chi connectivity index (χ2n) is 5.81. The number of carboxylic acid groups (broad SMARTS) is 1. The molecular formula is C18H17NO5S. The predicted molar refractivity (Wildman–Crippen MR) is 95.9 cm³/mol. The Morgan fingerprint density at radius 1 is 1.16 bits per heavy atom. The number of fused-ring (bicyclic) bond motifs is 2. The maximum atomic E-state index is 11.4. The van der Waals surface area contributed by atoms with Crippen molar-refractivity contribution in [1.82, 2.24) is 0 Å².